The van der Waals surface area contributed by atoms with Crippen LogP contribution in [0.3, 0.4) is 0 Å². The molecular formula is C14H18N2O4. The molecule has 0 aromatic carbocycles. The highest BCUT2D eigenvalue weighted by atomic mass is 16.5. The number of esters is 1. The molecule has 1 amide bonds. The van der Waals surface area contributed by atoms with Crippen molar-refractivity contribution in [1.29, 1.82) is 0 Å². The second-order valence-corrected chi connectivity index (χ2v) is 5.61. The molecule has 0 radical (unpaired) electrons. The molecule has 3 rings (SSSR count). The van der Waals surface area contributed by atoms with Crippen molar-refractivity contribution in [3.05, 3.63) is 0 Å². The molecule has 1 heterocycles. The van der Waals surface area contributed by atoms with Crippen molar-refractivity contribution < 1.29 is 19.1 Å². The topological polar surface area (TPSA) is 76.0 Å². The number of hydrogen-bond donors (Lipinski definition) is 0. The lowest BCUT2D eigenvalue weighted by Gasteiger charge is -2.19. The number of hydrogen-bond acceptors (Lipinski definition) is 5. The van der Waals surface area contributed by atoms with E-state index in [0.717, 1.165) is 25.7 Å². The van der Waals surface area contributed by atoms with Crippen LogP contribution >= 0.6 is 0 Å². The number of hydrazone groups is 1. The summed E-state index contributed by atoms with van der Waals surface area (Å²) in [5.41, 5.74) is 0.361. The van der Waals surface area contributed by atoms with E-state index in [-0.39, 0.29) is 36.6 Å². The van der Waals surface area contributed by atoms with E-state index in [9.17, 15) is 14.4 Å². The number of amides is 1. The molecule has 1 unspecified atom stereocenters. The van der Waals surface area contributed by atoms with Crippen molar-refractivity contribution in [2.75, 3.05) is 6.61 Å². The Kier molecular flexibility index (Phi) is 3.31. The van der Waals surface area contributed by atoms with E-state index >= 15 is 0 Å². The van der Waals surface area contributed by atoms with Crippen LogP contribution in [0.5, 0.6) is 0 Å². The Morgan fingerprint density at radius 1 is 1.20 bits per heavy atom. The smallest absolute Gasteiger partial charge is 0.331 e. The molecule has 0 bridgehead atoms. The van der Waals surface area contributed by atoms with Crippen LogP contribution in [0.25, 0.3) is 0 Å². The van der Waals surface area contributed by atoms with Gasteiger partial charge in [0, 0.05) is 18.3 Å². The molecule has 108 valence electrons. The first kappa shape index (κ1) is 13.3. The van der Waals surface area contributed by atoms with E-state index in [1.165, 1.54) is 5.01 Å². The number of ketones is 1. The Labute approximate surface area is 117 Å². The van der Waals surface area contributed by atoms with Crippen molar-refractivity contribution in [3.63, 3.8) is 0 Å². The zero-order chi connectivity index (χ0) is 14.3. The maximum Gasteiger partial charge on any atom is 0.331 e. The number of carbonyl (C=O) groups excluding carboxylic acids is 3. The van der Waals surface area contributed by atoms with E-state index in [0.29, 0.717) is 5.71 Å². The fraction of sp³-hybridized carbons (Fsp3) is 0.714. The number of ether oxygens (including phenoxy) is 1. The van der Waals surface area contributed by atoms with Crippen molar-refractivity contribution in [2.45, 2.75) is 45.1 Å². The average molecular weight is 278 g/mol. The van der Waals surface area contributed by atoms with Gasteiger partial charge >= 0.3 is 5.97 Å². The lowest BCUT2D eigenvalue weighted by molar-refractivity contribution is -0.154. The molecular weight excluding hydrogens is 260 g/mol. The summed E-state index contributed by atoms with van der Waals surface area (Å²) in [7, 11) is 0. The van der Waals surface area contributed by atoms with Crippen LogP contribution in [0, 0.1) is 11.8 Å². The van der Waals surface area contributed by atoms with Gasteiger partial charge in [-0.25, -0.2) is 9.80 Å². The van der Waals surface area contributed by atoms with Crippen molar-refractivity contribution in [1.82, 2.24) is 5.01 Å². The summed E-state index contributed by atoms with van der Waals surface area (Å²) in [5.74, 6) is -0.616. The van der Waals surface area contributed by atoms with Crippen LogP contribution < -0.4 is 0 Å². The predicted molar refractivity (Wildman–Crippen MR) is 69.8 cm³/mol. The van der Waals surface area contributed by atoms with Gasteiger partial charge in [-0.05, 0) is 32.6 Å². The van der Waals surface area contributed by atoms with Gasteiger partial charge in [0.2, 0.25) is 5.91 Å². The van der Waals surface area contributed by atoms with Gasteiger partial charge in [0.25, 0.3) is 0 Å². The second-order valence-electron chi connectivity index (χ2n) is 5.61. The Morgan fingerprint density at radius 2 is 1.85 bits per heavy atom. The standard InChI is InChI=1S/C14H18N2O4/c1-2-20-14(19)11-7-10(12(17)8-3-4-8)15-16(11)13(18)9-5-6-9/h8-9,11H,2-7H2,1H3. The lowest BCUT2D eigenvalue weighted by atomic mass is 10.1. The average Bonchev–Trinajstić information content (AvgIpc) is 3.32. The number of Topliss-reactive ketones (excluding diaryl/α,β-unsaturated/α-hetero) is 1. The number of nitrogens with zero attached hydrogens (tertiary/aromatic N) is 2. The minimum atomic E-state index is -0.749. The molecule has 20 heavy (non-hydrogen) atoms. The van der Waals surface area contributed by atoms with Gasteiger partial charge in [-0.1, -0.05) is 0 Å². The SMILES string of the molecule is CCOC(=O)C1CC(C(=O)C2CC2)=NN1C(=O)C1CC1. The molecule has 3 aliphatic rings. The van der Waals surface area contributed by atoms with Crippen molar-refractivity contribution >= 4 is 23.4 Å². The fourth-order valence-corrected chi connectivity index (χ4v) is 2.38. The maximum atomic E-state index is 12.2. The van der Waals surface area contributed by atoms with Crippen molar-refractivity contribution in [3.8, 4) is 0 Å². The molecule has 6 nitrogen and oxygen atoms in total. The van der Waals surface area contributed by atoms with Gasteiger partial charge in [0.15, 0.2) is 11.8 Å². The molecule has 2 fully saturated rings. The molecule has 0 aromatic rings. The summed E-state index contributed by atoms with van der Waals surface area (Å²) >= 11 is 0. The first-order valence-corrected chi connectivity index (χ1v) is 7.23. The van der Waals surface area contributed by atoms with E-state index in [4.69, 9.17) is 4.74 Å². The van der Waals surface area contributed by atoms with E-state index < -0.39 is 12.0 Å². The van der Waals surface area contributed by atoms with Crippen LogP contribution in [0.1, 0.15) is 39.0 Å². The van der Waals surface area contributed by atoms with Gasteiger partial charge < -0.3 is 4.74 Å². The molecule has 0 aromatic heterocycles. The summed E-state index contributed by atoms with van der Waals surface area (Å²) in [5, 5.41) is 5.34. The molecule has 1 atom stereocenters. The molecule has 0 N–H and O–H groups in total. The molecule has 0 spiro atoms. The summed E-state index contributed by atoms with van der Waals surface area (Å²) in [6.45, 7) is 1.98. The highest BCUT2D eigenvalue weighted by molar-refractivity contribution is 6.42. The summed E-state index contributed by atoms with van der Waals surface area (Å²) < 4.78 is 4.99. The predicted octanol–water partition coefficient (Wildman–Crippen LogP) is 0.895. The first-order valence-electron chi connectivity index (χ1n) is 7.23. The minimum Gasteiger partial charge on any atom is -0.464 e. The van der Waals surface area contributed by atoms with Gasteiger partial charge in [-0.3, -0.25) is 9.59 Å². The third-order valence-corrected chi connectivity index (χ3v) is 3.85. The third-order valence-electron chi connectivity index (χ3n) is 3.85. The monoisotopic (exact) mass is 278 g/mol. The summed E-state index contributed by atoms with van der Waals surface area (Å²) in [6, 6.07) is -0.749. The quantitative estimate of drug-likeness (QED) is 0.700. The van der Waals surface area contributed by atoms with E-state index in [1.54, 1.807) is 6.92 Å². The zero-order valence-corrected chi connectivity index (χ0v) is 11.5. The lowest BCUT2D eigenvalue weighted by Crippen LogP contribution is -2.40. The first-order chi connectivity index (χ1) is 9.61. The number of rotatable bonds is 5. The summed E-state index contributed by atoms with van der Waals surface area (Å²) in [6.07, 6.45) is 3.65. The van der Waals surface area contributed by atoms with Crippen LogP contribution in [0.15, 0.2) is 5.10 Å². The van der Waals surface area contributed by atoms with Crippen LogP contribution in [0.4, 0.5) is 0 Å². The van der Waals surface area contributed by atoms with Gasteiger partial charge in [-0.2, -0.15) is 5.10 Å². The van der Waals surface area contributed by atoms with Crippen LogP contribution in [-0.4, -0.2) is 41.0 Å². The van der Waals surface area contributed by atoms with Crippen LogP contribution in [-0.2, 0) is 19.1 Å². The number of carbonyl (C=O) groups is 3. The van der Waals surface area contributed by atoms with Gasteiger partial charge in [0.1, 0.15) is 5.71 Å². The molecule has 0 saturated heterocycles. The molecule has 2 aliphatic carbocycles. The molecule has 2 saturated carbocycles. The molecule has 6 heteroatoms. The van der Waals surface area contributed by atoms with E-state index in [1.807, 2.05) is 0 Å². The molecule has 1 aliphatic heterocycles. The fourth-order valence-electron chi connectivity index (χ4n) is 2.38. The highest BCUT2D eigenvalue weighted by Crippen LogP contribution is 2.36. The highest BCUT2D eigenvalue weighted by Gasteiger charge is 2.46. The van der Waals surface area contributed by atoms with E-state index in [2.05, 4.69) is 5.10 Å². The second kappa shape index (κ2) is 5.00. The Morgan fingerprint density at radius 3 is 2.40 bits per heavy atom. The normalized spacial score (nSPS) is 25.4. The summed E-state index contributed by atoms with van der Waals surface area (Å²) in [4.78, 5) is 36.2. The minimum absolute atomic E-state index is 0.00889. The zero-order valence-electron chi connectivity index (χ0n) is 11.5. The van der Waals surface area contributed by atoms with Crippen molar-refractivity contribution in [2.24, 2.45) is 16.9 Å². The van der Waals surface area contributed by atoms with Crippen LogP contribution in [0.2, 0.25) is 0 Å². The Balaban J connectivity index is 1.77. The maximum absolute atomic E-state index is 12.2. The largest absolute Gasteiger partial charge is 0.464 e. The van der Waals surface area contributed by atoms with Gasteiger partial charge in [-0.15, -0.1) is 0 Å². The Hall–Kier alpha value is -1.72. The Bertz CT molecular complexity index is 491. The third kappa shape index (κ3) is 2.46. The van der Waals surface area contributed by atoms with Gasteiger partial charge in [0.05, 0.1) is 6.61 Å².